The molecule has 1 aliphatic rings. The molecular formula is C13H21ClN2O. The quantitative estimate of drug-likeness (QED) is 0.900. The lowest BCUT2D eigenvalue weighted by Crippen LogP contribution is -2.42. The lowest BCUT2D eigenvalue weighted by molar-refractivity contribution is 0.201. The molecule has 0 radical (unpaired) electrons. The maximum Gasteiger partial charge on any atom is 0.119 e. The third kappa shape index (κ3) is 4.19. The highest BCUT2D eigenvalue weighted by atomic mass is 35.5. The average Bonchev–Trinajstić information content (AvgIpc) is 2.29. The van der Waals surface area contributed by atoms with Crippen LogP contribution in [0.2, 0.25) is 0 Å². The Morgan fingerprint density at radius 2 is 2.29 bits per heavy atom. The van der Waals surface area contributed by atoms with E-state index in [2.05, 4.69) is 17.0 Å². The molecular weight excluding hydrogens is 236 g/mol. The number of halogens is 1. The van der Waals surface area contributed by atoms with E-state index < -0.39 is 0 Å². The van der Waals surface area contributed by atoms with Crippen LogP contribution in [0.3, 0.4) is 0 Å². The Hall–Kier alpha value is -0.770. The Morgan fingerprint density at radius 3 is 3.00 bits per heavy atom. The van der Waals surface area contributed by atoms with Crippen LogP contribution in [-0.2, 0) is 6.54 Å². The minimum atomic E-state index is 0. The summed E-state index contributed by atoms with van der Waals surface area (Å²) in [6.45, 7) is 3.15. The Balaban J connectivity index is 0.00000144. The summed E-state index contributed by atoms with van der Waals surface area (Å²) in [5.41, 5.74) is 7.27. The summed E-state index contributed by atoms with van der Waals surface area (Å²) in [4.78, 5) is 2.42. The van der Waals surface area contributed by atoms with Crippen molar-refractivity contribution in [3.05, 3.63) is 29.8 Å². The smallest absolute Gasteiger partial charge is 0.119 e. The highest BCUT2D eigenvalue weighted by Gasteiger charge is 2.16. The van der Waals surface area contributed by atoms with Gasteiger partial charge in [-0.1, -0.05) is 12.1 Å². The molecule has 2 N–H and O–H groups in total. The molecule has 2 rings (SSSR count). The zero-order valence-corrected chi connectivity index (χ0v) is 11.1. The van der Waals surface area contributed by atoms with Gasteiger partial charge in [0, 0.05) is 19.1 Å². The summed E-state index contributed by atoms with van der Waals surface area (Å²) in [5.74, 6) is 0.929. The Labute approximate surface area is 109 Å². The van der Waals surface area contributed by atoms with Gasteiger partial charge in [0.1, 0.15) is 5.75 Å². The Morgan fingerprint density at radius 1 is 1.47 bits per heavy atom. The van der Waals surface area contributed by atoms with E-state index in [1.54, 1.807) is 7.11 Å². The van der Waals surface area contributed by atoms with Crippen molar-refractivity contribution in [3.63, 3.8) is 0 Å². The van der Waals surface area contributed by atoms with Gasteiger partial charge in [0.05, 0.1) is 7.11 Å². The predicted molar refractivity (Wildman–Crippen MR) is 72.7 cm³/mol. The third-order valence-electron chi connectivity index (χ3n) is 3.08. The first-order valence-corrected chi connectivity index (χ1v) is 5.89. The van der Waals surface area contributed by atoms with E-state index in [-0.39, 0.29) is 12.4 Å². The van der Waals surface area contributed by atoms with E-state index in [4.69, 9.17) is 10.5 Å². The topological polar surface area (TPSA) is 38.5 Å². The lowest BCUT2D eigenvalue weighted by Gasteiger charge is -2.30. The molecule has 1 unspecified atom stereocenters. The molecule has 0 aliphatic carbocycles. The number of piperidine rings is 1. The number of nitrogens with zero attached hydrogens (tertiary/aromatic N) is 1. The summed E-state index contributed by atoms with van der Waals surface area (Å²) in [7, 11) is 1.70. The monoisotopic (exact) mass is 256 g/mol. The summed E-state index contributed by atoms with van der Waals surface area (Å²) in [6.07, 6.45) is 2.37. The molecule has 1 saturated heterocycles. The highest BCUT2D eigenvalue weighted by molar-refractivity contribution is 5.85. The van der Waals surface area contributed by atoms with Crippen molar-refractivity contribution in [2.45, 2.75) is 25.4 Å². The van der Waals surface area contributed by atoms with E-state index in [0.29, 0.717) is 6.04 Å². The first-order chi connectivity index (χ1) is 7.78. The van der Waals surface area contributed by atoms with E-state index in [0.717, 1.165) is 31.8 Å². The second-order valence-corrected chi connectivity index (χ2v) is 4.49. The van der Waals surface area contributed by atoms with Crippen LogP contribution in [0.5, 0.6) is 5.75 Å². The molecule has 1 atom stereocenters. The van der Waals surface area contributed by atoms with Gasteiger partial charge in [0.25, 0.3) is 0 Å². The van der Waals surface area contributed by atoms with Crippen molar-refractivity contribution >= 4 is 12.4 Å². The molecule has 1 aromatic carbocycles. The van der Waals surface area contributed by atoms with Gasteiger partial charge in [-0.3, -0.25) is 4.90 Å². The molecule has 0 bridgehead atoms. The molecule has 1 heterocycles. The zero-order valence-electron chi connectivity index (χ0n) is 10.3. The van der Waals surface area contributed by atoms with Crippen LogP contribution >= 0.6 is 12.4 Å². The van der Waals surface area contributed by atoms with Crippen LogP contribution in [0.1, 0.15) is 18.4 Å². The Bertz CT molecular complexity index is 346. The average molecular weight is 257 g/mol. The molecule has 0 aromatic heterocycles. The van der Waals surface area contributed by atoms with E-state index in [9.17, 15) is 0 Å². The number of rotatable bonds is 3. The van der Waals surface area contributed by atoms with Crippen LogP contribution in [-0.4, -0.2) is 31.1 Å². The number of likely N-dealkylation sites (tertiary alicyclic amines) is 1. The van der Waals surface area contributed by atoms with Gasteiger partial charge in [-0.25, -0.2) is 0 Å². The number of hydrogen-bond acceptors (Lipinski definition) is 3. The van der Waals surface area contributed by atoms with Gasteiger partial charge in [-0.2, -0.15) is 0 Å². The fourth-order valence-corrected chi connectivity index (χ4v) is 2.26. The van der Waals surface area contributed by atoms with Gasteiger partial charge in [-0.15, -0.1) is 12.4 Å². The van der Waals surface area contributed by atoms with Crippen molar-refractivity contribution in [1.29, 1.82) is 0 Å². The number of benzene rings is 1. The molecule has 1 aromatic rings. The summed E-state index contributed by atoms with van der Waals surface area (Å²) in [5, 5.41) is 0. The van der Waals surface area contributed by atoms with E-state index in [1.807, 2.05) is 12.1 Å². The van der Waals surface area contributed by atoms with Crippen molar-refractivity contribution < 1.29 is 4.74 Å². The molecule has 17 heavy (non-hydrogen) atoms. The summed E-state index contributed by atoms with van der Waals surface area (Å²) < 4.78 is 5.22. The van der Waals surface area contributed by atoms with E-state index >= 15 is 0 Å². The minimum absolute atomic E-state index is 0. The molecule has 1 fully saturated rings. The van der Waals surface area contributed by atoms with Gasteiger partial charge >= 0.3 is 0 Å². The van der Waals surface area contributed by atoms with Crippen LogP contribution in [0.25, 0.3) is 0 Å². The Kier molecular flexibility index (Phi) is 5.75. The van der Waals surface area contributed by atoms with Gasteiger partial charge < -0.3 is 10.5 Å². The standard InChI is InChI=1S/C13H20N2O.ClH/c1-16-13-6-2-4-11(8-13)9-15-7-3-5-12(14)10-15;/h2,4,6,8,12H,3,5,7,9-10,14H2,1H3;1H. The highest BCUT2D eigenvalue weighted by Crippen LogP contribution is 2.16. The minimum Gasteiger partial charge on any atom is -0.497 e. The molecule has 0 amide bonds. The maximum absolute atomic E-state index is 5.97. The number of methoxy groups -OCH3 is 1. The second-order valence-electron chi connectivity index (χ2n) is 4.49. The zero-order chi connectivity index (χ0) is 11.4. The first kappa shape index (κ1) is 14.3. The normalized spacial score (nSPS) is 20.7. The largest absolute Gasteiger partial charge is 0.497 e. The number of nitrogens with two attached hydrogens (primary N) is 1. The molecule has 4 heteroatoms. The van der Waals surface area contributed by atoms with Crippen LogP contribution in [0.4, 0.5) is 0 Å². The van der Waals surface area contributed by atoms with Gasteiger partial charge in [-0.05, 0) is 37.1 Å². The number of hydrogen-bond donors (Lipinski definition) is 1. The molecule has 96 valence electrons. The van der Waals surface area contributed by atoms with E-state index in [1.165, 1.54) is 12.0 Å². The van der Waals surface area contributed by atoms with Crippen molar-refractivity contribution in [2.75, 3.05) is 20.2 Å². The molecule has 3 nitrogen and oxygen atoms in total. The van der Waals surface area contributed by atoms with Crippen molar-refractivity contribution in [1.82, 2.24) is 4.90 Å². The van der Waals surface area contributed by atoms with Gasteiger partial charge in [0.2, 0.25) is 0 Å². The fraction of sp³-hybridized carbons (Fsp3) is 0.538. The van der Waals surface area contributed by atoms with Crippen molar-refractivity contribution in [2.24, 2.45) is 5.73 Å². The first-order valence-electron chi connectivity index (χ1n) is 5.89. The molecule has 0 spiro atoms. The molecule has 0 saturated carbocycles. The third-order valence-corrected chi connectivity index (χ3v) is 3.08. The SMILES string of the molecule is COc1cccc(CN2CCCC(N)C2)c1.Cl. The number of ether oxygens (including phenoxy) is 1. The fourth-order valence-electron chi connectivity index (χ4n) is 2.26. The van der Waals surface area contributed by atoms with Gasteiger partial charge in [0.15, 0.2) is 0 Å². The molecule has 1 aliphatic heterocycles. The summed E-state index contributed by atoms with van der Waals surface area (Å²) >= 11 is 0. The van der Waals surface area contributed by atoms with Crippen molar-refractivity contribution in [3.8, 4) is 5.75 Å². The maximum atomic E-state index is 5.97. The summed E-state index contributed by atoms with van der Waals surface area (Å²) in [6, 6.07) is 8.60. The second kappa shape index (κ2) is 6.84. The predicted octanol–water partition coefficient (Wildman–Crippen LogP) is 2.04. The lowest BCUT2D eigenvalue weighted by atomic mass is 10.1. The van der Waals surface area contributed by atoms with Crippen LogP contribution < -0.4 is 10.5 Å². The van der Waals surface area contributed by atoms with Crippen LogP contribution in [0, 0.1) is 0 Å². The van der Waals surface area contributed by atoms with Crippen LogP contribution in [0.15, 0.2) is 24.3 Å².